The summed E-state index contributed by atoms with van der Waals surface area (Å²) >= 11 is 0. The smallest absolute Gasteiger partial charge is 0.416 e. The third-order valence-corrected chi connectivity index (χ3v) is 4.53. The fraction of sp³-hybridized carbons (Fsp3) is 0.318. The third-order valence-electron chi connectivity index (χ3n) is 4.53. The number of halogens is 3. The number of rotatable bonds is 9. The van der Waals surface area contributed by atoms with Crippen LogP contribution in [0.25, 0.3) is 0 Å². The summed E-state index contributed by atoms with van der Waals surface area (Å²) in [5.41, 5.74) is -0.332. The van der Waals surface area contributed by atoms with E-state index in [1.54, 1.807) is 51.3 Å². The van der Waals surface area contributed by atoms with Crippen LogP contribution in [0.3, 0.4) is 0 Å². The summed E-state index contributed by atoms with van der Waals surface area (Å²) in [7, 11) is 1.57. The lowest BCUT2D eigenvalue weighted by molar-refractivity contribution is -0.137. The van der Waals surface area contributed by atoms with Crippen LogP contribution < -0.4 is 20.7 Å². The van der Waals surface area contributed by atoms with E-state index in [1.165, 1.54) is 6.07 Å². The molecule has 0 aliphatic rings. The summed E-state index contributed by atoms with van der Waals surface area (Å²) in [5, 5.41) is 18.6. The van der Waals surface area contributed by atoms with Gasteiger partial charge in [0.2, 0.25) is 17.8 Å². The Bertz CT molecular complexity index is 1070. The largest absolute Gasteiger partial charge is 0.497 e. The number of aliphatic hydroxyl groups excluding tert-OH is 1. The highest BCUT2D eigenvalue weighted by molar-refractivity contribution is 5.57. The maximum atomic E-state index is 13.0. The molecule has 0 amide bonds. The Morgan fingerprint density at radius 2 is 1.61 bits per heavy atom. The van der Waals surface area contributed by atoms with Crippen LogP contribution in [0.1, 0.15) is 25.0 Å². The zero-order chi connectivity index (χ0) is 24.1. The topological polar surface area (TPSA) is 104 Å². The molecule has 1 heterocycles. The van der Waals surface area contributed by atoms with E-state index < -0.39 is 17.3 Å². The zero-order valence-corrected chi connectivity index (χ0v) is 18.4. The first-order valence-electron chi connectivity index (χ1n) is 10.0. The number of anilines is 4. The maximum absolute atomic E-state index is 13.0. The van der Waals surface area contributed by atoms with Crippen molar-refractivity contribution in [2.24, 2.45) is 0 Å². The molecule has 11 heteroatoms. The molecule has 0 fully saturated rings. The summed E-state index contributed by atoms with van der Waals surface area (Å²) in [6.45, 7) is 3.43. The summed E-state index contributed by atoms with van der Waals surface area (Å²) < 4.78 is 44.1. The summed E-state index contributed by atoms with van der Waals surface area (Å²) in [4.78, 5) is 12.9. The Morgan fingerprint density at radius 1 is 0.939 bits per heavy atom. The standard InChI is InChI=1S/C22H25F3N6O2/c1-21(2,13-32)31-20-29-18(26-12-14-5-4-6-15(11-14)22(23,24)25)28-19(30-20)27-16-7-9-17(33-3)10-8-16/h4-11,32H,12-13H2,1-3H3,(H3,26,27,28,29,30,31). The number of benzene rings is 2. The van der Waals surface area contributed by atoms with Crippen LogP contribution in [-0.4, -0.2) is 39.3 Å². The van der Waals surface area contributed by atoms with Gasteiger partial charge in [-0.25, -0.2) is 0 Å². The van der Waals surface area contributed by atoms with Crippen molar-refractivity contribution in [1.82, 2.24) is 15.0 Å². The first kappa shape index (κ1) is 24.1. The number of methoxy groups -OCH3 is 1. The maximum Gasteiger partial charge on any atom is 0.416 e. The Morgan fingerprint density at radius 3 is 2.24 bits per heavy atom. The third kappa shape index (κ3) is 6.94. The molecule has 4 N–H and O–H groups in total. The number of hydrogen-bond acceptors (Lipinski definition) is 8. The lowest BCUT2D eigenvalue weighted by atomic mass is 10.1. The monoisotopic (exact) mass is 462 g/mol. The van der Waals surface area contributed by atoms with E-state index in [9.17, 15) is 18.3 Å². The van der Waals surface area contributed by atoms with Crippen LogP contribution in [-0.2, 0) is 12.7 Å². The zero-order valence-electron chi connectivity index (χ0n) is 18.4. The minimum Gasteiger partial charge on any atom is -0.497 e. The number of nitrogens with zero attached hydrogens (tertiary/aromatic N) is 3. The van der Waals surface area contributed by atoms with Crippen molar-refractivity contribution < 1.29 is 23.0 Å². The van der Waals surface area contributed by atoms with Crippen LogP contribution in [0.5, 0.6) is 5.75 Å². The fourth-order valence-corrected chi connectivity index (χ4v) is 2.75. The van der Waals surface area contributed by atoms with E-state index in [-0.39, 0.29) is 31.0 Å². The highest BCUT2D eigenvalue weighted by Crippen LogP contribution is 2.29. The van der Waals surface area contributed by atoms with E-state index >= 15 is 0 Å². The number of aliphatic hydroxyl groups is 1. The van der Waals surface area contributed by atoms with Crippen molar-refractivity contribution in [2.75, 3.05) is 29.7 Å². The van der Waals surface area contributed by atoms with Gasteiger partial charge in [0.15, 0.2) is 0 Å². The lowest BCUT2D eigenvalue weighted by Crippen LogP contribution is -2.36. The van der Waals surface area contributed by atoms with Crippen molar-refractivity contribution in [3.8, 4) is 5.75 Å². The molecule has 1 aromatic heterocycles. The molecular weight excluding hydrogens is 437 g/mol. The van der Waals surface area contributed by atoms with Gasteiger partial charge in [-0.05, 0) is 55.8 Å². The SMILES string of the molecule is COc1ccc(Nc2nc(NCc3cccc(C(F)(F)F)c3)nc(NC(C)(C)CO)n2)cc1. The second kappa shape index (κ2) is 9.90. The molecule has 176 valence electrons. The van der Waals surface area contributed by atoms with Gasteiger partial charge in [0.05, 0.1) is 24.8 Å². The molecule has 3 rings (SSSR count). The molecule has 0 bridgehead atoms. The number of nitrogens with one attached hydrogen (secondary N) is 3. The highest BCUT2D eigenvalue weighted by Gasteiger charge is 2.30. The molecule has 0 aliphatic heterocycles. The number of alkyl halides is 3. The van der Waals surface area contributed by atoms with Gasteiger partial charge in [0.1, 0.15) is 5.75 Å². The van der Waals surface area contributed by atoms with Gasteiger partial charge in [0, 0.05) is 12.2 Å². The number of ether oxygens (including phenoxy) is 1. The van der Waals surface area contributed by atoms with Crippen molar-refractivity contribution in [1.29, 1.82) is 0 Å². The predicted octanol–water partition coefficient (Wildman–Crippen LogP) is 4.44. The second-order valence-electron chi connectivity index (χ2n) is 7.88. The predicted molar refractivity (Wildman–Crippen MR) is 120 cm³/mol. The summed E-state index contributed by atoms with van der Waals surface area (Å²) in [6, 6.07) is 12.1. The van der Waals surface area contributed by atoms with E-state index in [0.717, 1.165) is 12.1 Å². The van der Waals surface area contributed by atoms with E-state index in [0.29, 0.717) is 17.0 Å². The molecule has 2 aromatic carbocycles. The lowest BCUT2D eigenvalue weighted by Gasteiger charge is -2.23. The van der Waals surface area contributed by atoms with Crippen LogP contribution in [0.15, 0.2) is 48.5 Å². The number of hydrogen-bond donors (Lipinski definition) is 4. The average molecular weight is 462 g/mol. The Kier molecular flexibility index (Phi) is 7.22. The molecule has 0 saturated heterocycles. The van der Waals surface area contributed by atoms with Crippen LogP contribution in [0, 0.1) is 0 Å². The molecule has 0 radical (unpaired) electrons. The summed E-state index contributed by atoms with van der Waals surface area (Å²) in [6.07, 6.45) is -4.43. The highest BCUT2D eigenvalue weighted by atomic mass is 19.4. The van der Waals surface area contributed by atoms with Crippen molar-refractivity contribution in [3.63, 3.8) is 0 Å². The van der Waals surface area contributed by atoms with Crippen molar-refractivity contribution in [3.05, 3.63) is 59.7 Å². The Labute approximate surface area is 189 Å². The van der Waals surface area contributed by atoms with Gasteiger partial charge >= 0.3 is 6.18 Å². The minimum atomic E-state index is -4.43. The second-order valence-corrected chi connectivity index (χ2v) is 7.88. The summed E-state index contributed by atoms with van der Waals surface area (Å²) in [5.74, 6) is 1.23. The van der Waals surface area contributed by atoms with E-state index in [1.807, 2.05) is 0 Å². The molecule has 0 unspecified atom stereocenters. The van der Waals surface area contributed by atoms with Crippen molar-refractivity contribution >= 4 is 23.5 Å². The quantitative estimate of drug-likeness (QED) is 0.370. The molecule has 0 spiro atoms. The van der Waals surface area contributed by atoms with Crippen molar-refractivity contribution in [2.45, 2.75) is 32.1 Å². The van der Waals surface area contributed by atoms with Gasteiger partial charge in [-0.1, -0.05) is 12.1 Å². The van der Waals surface area contributed by atoms with E-state index in [2.05, 4.69) is 30.9 Å². The molecule has 3 aromatic rings. The molecular formula is C22H25F3N6O2. The van der Waals surface area contributed by atoms with Crippen LogP contribution in [0.4, 0.5) is 36.7 Å². The Balaban J connectivity index is 1.83. The van der Waals surface area contributed by atoms with Gasteiger partial charge in [-0.3, -0.25) is 0 Å². The van der Waals surface area contributed by atoms with Crippen LogP contribution in [0.2, 0.25) is 0 Å². The average Bonchev–Trinajstić information content (AvgIpc) is 2.77. The normalized spacial score (nSPS) is 11.7. The molecule has 0 aliphatic carbocycles. The van der Waals surface area contributed by atoms with Gasteiger partial charge in [0.25, 0.3) is 0 Å². The molecule has 33 heavy (non-hydrogen) atoms. The van der Waals surface area contributed by atoms with Crippen LogP contribution >= 0.6 is 0 Å². The first-order valence-corrected chi connectivity index (χ1v) is 10.0. The number of aromatic nitrogens is 3. The Hall–Kier alpha value is -3.60. The van der Waals surface area contributed by atoms with Gasteiger partial charge < -0.3 is 25.8 Å². The minimum absolute atomic E-state index is 0.0682. The van der Waals surface area contributed by atoms with E-state index in [4.69, 9.17) is 4.74 Å². The molecule has 0 atom stereocenters. The molecule has 0 saturated carbocycles. The van der Waals surface area contributed by atoms with Gasteiger partial charge in [-0.15, -0.1) is 0 Å². The van der Waals surface area contributed by atoms with Gasteiger partial charge in [-0.2, -0.15) is 28.1 Å². The fourth-order valence-electron chi connectivity index (χ4n) is 2.75. The molecule has 8 nitrogen and oxygen atoms in total. The first-order chi connectivity index (χ1) is 15.6.